The molecule has 0 spiro atoms. The Hall–Kier alpha value is -2.72. The number of halogens is 3. The molecule has 0 saturated carbocycles. The monoisotopic (exact) mass is 411 g/mol. The van der Waals surface area contributed by atoms with E-state index in [1.54, 1.807) is 11.4 Å². The summed E-state index contributed by atoms with van der Waals surface area (Å²) in [6, 6.07) is 3.46. The molecule has 10 heteroatoms. The molecule has 1 unspecified atom stereocenters. The fraction of sp³-hybridized carbons (Fsp3) is 0.278. The second-order valence-electron chi connectivity index (χ2n) is 6.27. The van der Waals surface area contributed by atoms with Crippen molar-refractivity contribution in [1.29, 1.82) is 0 Å². The number of fused-ring (bicyclic) bond motifs is 1. The highest BCUT2D eigenvalue weighted by Crippen LogP contribution is 2.19. The first-order valence-electron chi connectivity index (χ1n) is 8.62. The highest BCUT2D eigenvalue weighted by molar-refractivity contribution is 7.17. The number of benzene rings is 1. The van der Waals surface area contributed by atoms with Crippen LogP contribution in [-0.4, -0.2) is 29.0 Å². The summed E-state index contributed by atoms with van der Waals surface area (Å²) in [5, 5.41) is 4.03. The maximum Gasteiger partial charge on any atom is 0.279 e. The van der Waals surface area contributed by atoms with Crippen molar-refractivity contribution in [3.63, 3.8) is 0 Å². The molecule has 148 valence electrons. The molecule has 0 aliphatic rings. The van der Waals surface area contributed by atoms with Crippen LogP contribution < -0.4 is 15.8 Å². The van der Waals surface area contributed by atoms with E-state index in [4.69, 9.17) is 0 Å². The Labute approximate surface area is 162 Å². The number of H-pyrrole nitrogens is 1. The molecule has 0 fully saturated rings. The van der Waals surface area contributed by atoms with Crippen LogP contribution in [0.3, 0.4) is 0 Å². The number of nitrogens with zero attached hydrogens (tertiary/aromatic N) is 1. The maximum absolute atomic E-state index is 13.7. The lowest BCUT2D eigenvalue weighted by atomic mass is 10.2. The van der Waals surface area contributed by atoms with Gasteiger partial charge in [-0.2, -0.15) is 0 Å². The minimum Gasteiger partial charge on any atom is -0.321 e. The predicted molar refractivity (Wildman–Crippen MR) is 99.9 cm³/mol. The normalized spacial score (nSPS) is 12.3. The molecule has 3 rings (SSSR count). The van der Waals surface area contributed by atoms with E-state index in [0.717, 1.165) is 23.5 Å². The lowest BCUT2D eigenvalue weighted by molar-refractivity contribution is -0.906. The van der Waals surface area contributed by atoms with Crippen LogP contribution >= 0.6 is 11.3 Å². The average molecular weight is 411 g/mol. The van der Waals surface area contributed by atoms with Crippen LogP contribution in [0.5, 0.6) is 0 Å². The quantitative estimate of drug-likeness (QED) is 0.519. The van der Waals surface area contributed by atoms with Crippen molar-refractivity contribution in [2.75, 3.05) is 18.4 Å². The van der Waals surface area contributed by atoms with Crippen LogP contribution in [0.1, 0.15) is 19.2 Å². The van der Waals surface area contributed by atoms with Gasteiger partial charge in [0.2, 0.25) is 0 Å². The van der Waals surface area contributed by atoms with Crippen LogP contribution in [0.15, 0.2) is 28.4 Å². The summed E-state index contributed by atoms with van der Waals surface area (Å²) in [7, 11) is 0. The number of carbonyl (C=O) groups excluding carboxylic acids is 1. The fourth-order valence-corrected chi connectivity index (χ4v) is 3.60. The zero-order valence-electron chi connectivity index (χ0n) is 14.9. The number of hydrogen-bond donors (Lipinski definition) is 3. The van der Waals surface area contributed by atoms with Crippen LogP contribution in [0.4, 0.5) is 18.9 Å². The molecule has 0 radical (unpaired) electrons. The number of quaternary nitrogens is 1. The number of rotatable bonds is 7. The van der Waals surface area contributed by atoms with Crippen LogP contribution in [0.25, 0.3) is 10.2 Å². The molecule has 0 aliphatic carbocycles. The van der Waals surface area contributed by atoms with Gasteiger partial charge in [0, 0.05) is 0 Å². The van der Waals surface area contributed by atoms with Gasteiger partial charge >= 0.3 is 0 Å². The van der Waals surface area contributed by atoms with E-state index in [0.29, 0.717) is 22.6 Å². The van der Waals surface area contributed by atoms with Gasteiger partial charge in [0.1, 0.15) is 11.2 Å². The van der Waals surface area contributed by atoms with E-state index in [2.05, 4.69) is 15.3 Å². The number of thiophene rings is 1. The van der Waals surface area contributed by atoms with Crippen molar-refractivity contribution >= 4 is 33.1 Å². The molecule has 0 saturated heterocycles. The number of amides is 1. The van der Waals surface area contributed by atoms with Gasteiger partial charge in [-0.05, 0) is 30.0 Å². The number of aromatic nitrogens is 2. The third-order valence-corrected chi connectivity index (χ3v) is 5.01. The fourth-order valence-electron chi connectivity index (χ4n) is 2.88. The molecule has 1 amide bonds. The van der Waals surface area contributed by atoms with Crippen LogP contribution in [-0.2, 0) is 11.3 Å². The zero-order chi connectivity index (χ0) is 20.3. The van der Waals surface area contributed by atoms with Gasteiger partial charge in [0.25, 0.3) is 11.5 Å². The molecule has 3 N–H and O–H groups in total. The van der Waals surface area contributed by atoms with Gasteiger partial charge in [-0.3, -0.25) is 9.59 Å². The topological polar surface area (TPSA) is 79.3 Å². The van der Waals surface area contributed by atoms with E-state index in [1.165, 1.54) is 11.3 Å². The Morgan fingerprint density at radius 3 is 2.79 bits per heavy atom. The van der Waals surface area contributed by atoms with E-state index >= 15 is 0 Å². The second-order valence-corrected chi connectivity index (χ2v) is 7.19. The van der Waals surface area contributed by atoms with Gasteiger partial charge in [-0.25, -0.2) is 18.2 Å². The van der Waals surface area contributed by atoms with Crippen molar-refractivity contribution in [2.45, 2.75) is 19.9 Å². The highest BCUT2D eigenvalue weighted by Gasteiger charge is 2.19. The summed E-state index contributed by atoms with van der Waals surface area (Å²) in [6.45, 7) is 2.75. The summed E-state index contributed by atoms with van der Waals surface area (Å²) in [6.07, 6.45) is 0.757. The average Bonchev–Trinajstić information content (AvgIpc) is 3.11. The van der Waals surface area contributed by atoms with Crippen LogP contribution in [0.2, 0.25) is 0 Å². The molecule has 0 aliphatic heterocycles. The van der Waals surface area contributed by atoms with Crippen molar-refractivity contribution in [3.05, 3.63) is 57.2 Å². The molecule has 28 heavy (non-hydrogen) atoms. The minimum atomic E-state index is -1.64. The molecule has 3 aromatic rings. The van der Waals surface area contributed by atoms with E-state index < -0.39 is 29.0 Å². The SMILES string of the molecule is CCC[NH+](CC(=O)Nc1ccc(F)c(F)c1F)Cc1nc2ccsc2c(=O)[nH]1. The molecular formula is C18H18F3N4O2S+. The number of anilines is 1. The smallest absolute Gasteiger partial charge is 0.279 e. The molecule has 2 heterocycles. The summed E-state index contributed by atoms with van der Waals surface area (Å²) < 4.78 is 40.6. The van der Waals surface area contributed by atoms with Gasteiger partial charge < -0.3 is 15.2 Å². The molecule has 0 bridgehead atoms. The number of hydrogen-bond acceptors (Lipinski definition) is 4. The van der Waals surface area contributed by atoms with Crippen molar-refractivity contribution in [1.82, 2.24) is 9.97 Å². The third-order valence-electron chi connectivity index (χ3n) is 4.10. The summed E-state index contributed by atoms with van der Waals surface area (Å²) in [5.41, 5.74) is -0.0713. The van der Waals surface area contributed by atoms with Gasteiger partial charge in [0.15, 0.2) is 29.8 Å². The van der Waals surface area contributed by atoms with Crippen molar-refractivity contribution in [3.8, 4) is 0 Å². The Bertz CT molecular complexity index is 1070. The Balaban J connectivity index is 1.72. The largest absolute Gasteiger partial charge is 0.321 e. The van der Waals surface area contributed by atoms with Gasteiger partial charge in [0.05, 0.1) is 17.7 Å². The number of aromatic amines is 1. The lowest BCUT2D eigenvalue weighted by Gasteiger charge is -2.18. The molecule has 6 nitrogen and oxygen atoms in total. The first-order chi connectivity index (χ1) is 13.4. The summed E-state index contributed by atoms with van der Waals surface area (Å²) in [4.78, 5) is 32.2. The Morgan fingerprint density at radius 2 is 2.04 bits per heavy atom. The molecule has 1 atom stereocenters. The summed E-state index contributed by atoms with van der Waals surface area (Å²) in [5.74, 6) is -4.54. The predicted octanol–water partition coefficient (Wildman–Crippen LogP) is 1.84. The maximum atomic E-state index is 13.7. The zero-order valence-corrected chi connectivity index (χ0v) is 15.8. The lowest BCUT2D eigenvalue weighted by Crippen LogP contribution is -3.11. The molecule has 2 aromatic heterocycles. The number of carbonyl (C=O) groups is 1. The second kappa shape index (κ2) is 8.53. The standard InChI is InChI=1S/C18H17F3N4O2S/c1-2-6-25(8-13-22-12-5-7-28-17(12)18(27)24-13)9-14(26)23-11-4-3-10(19)15(20)16(11)21/h3-5,7H,2,6,8-9H2,1H3,(H,23,26)(H,22,24,27)/p+1. The highest BCUT2D eigenvalue weighted by atomic mass is 32.1. The van der Waals surface area contributed by atoms with E-state index in [-0.39, 0.29) is 18.6 Å². The number of nitrogens with one attached hydrogen (secondary N) is 3. The third kappa shape index (κ3) is 4.39. The summed E-state index contributed by atoms with van der Waals surface area (Å²) >= 11 is 1.30. The Morgan fingerprint density at radius 1 is 1.25 bits per heavy atom. The van der Waals surface area contributed by atoms with Crippen molar-refractivity contribution < 1.29 is 22.9 Å². The molecule has 1 aromatic carbocycles. The van der Waals surface area contributed by atoms with Crippen molar-refractivity contribution in [2.24, 2.45) is 0 Å². The van der Waals surface area contributed by atoms with E-state index in [9.17, 15) is 22.8 Å². The van der Waals surface area contributed by atoms with Gasteiger partial charge in [-0.15, -0.1) is 11.3 Å². The van der Waals surface area contributed by atoms with Crippen LogP contribution in [0, 0.1) is 17.5 Å². The van der Waals surface area contributed by atoms with E-state index in [1.807, 2.05) is 6.92 Å². The molecular weight excluding hydrogens is 393 g/mol. The van der Waals surface area contributed by atoms with Gasteiger partial charge in [-0.1, -0.05) is 6.92 Å². The Kier molecular flexibility index (Phi) is 6.10. The first kappa shape index (κ1) is 20.0. The first-order valence-corrected chi connectivity index (χ1v) is 9.50. The minimum absolute atomic E-state index is 0.0579.